The van der Waals surface area contributed by atoms with E-state index in [0.717, 1.165) is 0 Å². The number of aromatic nitrogens is 2. The molecule has 7 nitrogen and oxygen atoms in total. The van der Waals surface area contributed by atoms with Crippen LogP contribution in [0.3, 0.4) is 0 Å². The number of hydrogen-bond donors (Lipinski definition) is 1. The number of aryl methyl sites for hydroxylation is 1. The van der Waals surface area contributed by atoms with Gasteiger partial charge in [-0.05, 0) is 36.4 Å². The number of carbonyl (C=O) groups is 1. The molecule has 1 aromatic heterocycles. The van der Waals surface area contributed by atoms with Crippen LogP contribution in [0.15, 0.2) is 66.0 Å². The largest absolute Gasteiger partial charge is 0.378 e. The van der Waals surface area contributed by atoms with Crippen molar-refractivity contribution in [3.05, 3.63) is 71.6 Å². The first-order valence-electron chi connectivity index (χ1n) is 7.44. The smallest absolute Gasteiger partial charge is 0.360 e. The zero-order valence-electron chi connectivity index (χ0n) is 13.6. The molecule has 3 aromatic rings. The van der Waals surface area contributed by atoms with Crippen LogP contribution in [0.5, 0.6) is 5.75 Å². The second-order valence-electron chi connectivity index (χ2n) is 5.33. The first-order valence-corrected chi connectivity index (χ1v) is 9.23. The Morgan fingerprint density at radius 1 is 1.12 bits per heavy atom. The topological polar surface area (TPSA) is 90.3 Å². The lowest BCUT2D eigenvalue weighted by Gasteiger charge is -2.08. The van der Waals surface area contributed by atoms with Crippen molar-refractivity contribution in [2.75, 3.05) is 5.32 Å². The summed E-state index contributed by atoms with van der Waals surface area (Å²) in [7, 11) is -2.59. The molecule has 26 heavy (non-hydrogen) atoms. The number of hydrogen-bond acceptors (Lipinski definition) is 5. The van der Waals surface area contributed by atoms with Crippen LogP contribution in [0.25, 0.3) is 0 Å². The molecule has 3 rings (SSSR count). The highest BCUT2D eigenvalue weighted by Gasteiger charge is 2.24. The molecule has 0 aliphatic rings. The van der Waals surface area contributed by atoms with Crippen molar-refractivity contribution in [3.63, 3.8) is 0 Å². The van der Waals surface area contributed by atoms with Gasteiger partial charge in [0.05, 0.1) is 6.33 Å². The van der Waals surface area contributed by atoms with Crippen LogP contribution in [0.1, 0.15) is 10.4 Å². The van der Waals surface area contributed by atoms with Crippen LogP contribution in [0.4, 0.5) is 5.69 Å². The third-order valence-electron chi connectivity index (χ3n) is 3.43. The third-order valence-corrected chi connectivity index (χ3v) is 5.17. The maximum atomic E-state index is 12.2. The van der Waals surface area contributed by atoms with Crippen LogP contribution in [0.2, 0.25) is 5.15 Å². The molecular formula is C17H14ClN3O4S. The van der Waals surface area contributed by atoms with Crippen molar-refractivity contribution in [2.45, 2.75) is 5.03 Å². The summed E-state index contributed by atoms with van der Waals surface area (Å²) >= 11 is 5.89. The Hall–Kier alpha value is -2.84. The van der Waals surface area contributed by atoms with E-state index in [2.05, 4.69) is 10.3 Å². The molecule has 0 fully saturated rings. The minimum atomic E-state index is -4.15. The molecule has 1 N–H and O–H groups in total. The summed E-state index contributed by atoms with van der Waals surface area (Å²) in [5.41, 5.74) is 1.01. The van der Waals surface area contributed by atoms with E-state index in [4.69, 9.17) is 15.8 Å². The highest BCUT2D eigenvalue weighted by molar-refractivity contribution is 7.87. The normalized spacial score (nSPS) is 11.2. The lowest BCUT2D eigenvalue weighted by molar-refractivity contribution is 0.102. The number of amides is 1. The molecule has 0 bridgehead atoms. The molecule has 0 unspecified atom stereocenters. The number of halogens is 1. The number of nitrogens with zero attached hydrogens (tertiary/aromatic N) is 2. The standard InChI is InChI=1S/C17H14ClN3O4S/c1-21-11-19-17(15(21)18)26(23,24)25-14-9-7-13(8-10-14)20-16(22)12-5-3-2-4-6-12/h2-11H,1H3,(H,20,22). The van der Waals surface area contributed by atoms with Crippen LogP contribution in [-0.4, -0.2) is 23.9 Å². The summed E-state index contributed by atoms with van der Waals surface area (Å²) in [5, 5.41) is 2.31. The van der Waals surface area contributed by atoms with Crippen LogP contribution >= 0.6 is 11.6 Å². The van der Waals surface area contributed by atoms with E-state index in [0.29, 0.717) is 11.3 Å². The Bertz CT molecular complexity index is 1030. The molecule has 0 saturated carbocycles. The number of imidazole rings is 1. The lowest BCUT2D eigenvalue weighted by Crippen LogP contribution is -2.12. The Kier molecular flexibility index (Phi) is 4.97. The molecule has 0 spiro atoms. The van der Waals surface area contributed by atoms with Crippen molar-refractivity contribution in [1.29, 1.82) is 0 Å². The Morgan fingerprint density at radius 2 is 1.77 bits per heavy atom. The number of carbonyl (C=O) groups excluding carboxylic acids is 1. The molecule has 1 heterocycles. The van der Waals surface area contributed by atoms with Gasteiger partial charge in [0.15, 0.2) is 5.15 Å². The average Bonchev–Trinajstić information content (AvgIpc) is 2.97. The zero-order valence-corrected chi connectivity index (χ0v) is 15.2. The van der Waals surface area contributed by atoms with E-state index in [-0.39, 0.29) is 21.8 Å². The van der Waals surface area contributed by atoms with Gasteiger partial charge >= 0.3 is 10.1 Å². The summed E-state index contributed by atoms with van der Waals surface area (Å²) < 4.78 is 30.8. The van der Waals surface area contributed by atoms with Gasteiger partial charge in [0, 0.05) is 18.3 Å². The van der Waals surface area contributed by atoms with E-state index in [1.54, 1.807) is 31.3 Å². The third kappa shape index (κ3) is 3.87. The Balaban J connectivity index is 1.72. The van der Waals surface area contributed by atoms with Crippen molar-refractivity contribution >= 4 is 33.3 Å². The first kappa shape index (κ1) is 18.0. The van der Waals surface area contributed by atoms with E-state index in [9.17, 15) is 13.2 Å². The van der Waals surface area contributed by atoms with Gasteiger partial charge < -0.3 is 14.1 Å². The molecule has 0 atom stereocenters. The van der Waals surface area contributed by atoms with Crippen LogP contribution < -0.4 is 9.50 Å². The highest BCUT2D eigenvalue weighted by Crippen LogP contribution is 2.24. The lowest BCUT2D eigenvalue weighted by atomic mass is 10.2. The predicted molar refractivity (Wildman–Crippen MR) is 96.9 cm³/mol. The maximum Gasteiger partial charge on any atom is 0.360 e. The number of anilines is 1. The van der Waals surface area contributed by atoms with Crippen LogP contribution in [-0.2, 0) is 17.2 Å². The van der Waals surface area contributed by atoms with Gasteiger partial charge in [-0.3, -0.25) is 4.79 Å². The van der Waals surface area contributed by atoms with E-state index in [1.807, 2.05) is 6.07 Å². The second kappa shape index (κ2) is 7.19. The van der Waals surface area contributed by atoms with E-state index < -0.39 is 10.1 Å². The SMILES string of the molecule is Cn1cnc(S(=O)(=O)Oc2ccc(NC(=O)c3ccccc3)cc2)c1Cl. The van der Waals surface area contributed by atoms with Crippen LogP contribution in [0, 0.1) is 0 Å². The number of nitrogens with one attached hydrogen (secondary N) is 1. The monoisotopic (exact) mass is 391 g/mol. The predicted octanol–water partition coefficient (Wildman–Crippen LogP) is 3.09. The molecule has 0 radical (unpaired) electrons. The molecule has 2 aromatic carbocycles. The van der Waals surface area contributed by atoms with Crippen molar-refractivity contribution in [2.24, 2.45) is 7.05 Å². The van der Waals surface area contributed by atoms with Gasteiger partial charge in [0.2, 0.25) is 5.03 Å². The minimum absolute atomic E-state index is 0.0447. The summed E-state index contributed by atoms with van der Waals surface area (Å²) in [6, 6.07) is 14.6. The van der Waals surface area contributed by atoms with Gasteiger partial charge in [-0.25, -0.2) is 4.98 Å². The van der Waals surface area contributed by atoms with Crippen molar-refractivity contribution in [1.82, 2.24) is 9.55 Å². The molecule has 134 valence electrons. The maximum absolute atomic E-state index is 12.2. The fourth-order valence-corrected chi connectivity index (χ4v) is 3.46. The molecule has 0 aliphatic carbocycles. The van der Waals surface area contributed by atoms with Crippen molar-refractivity contribution < 1.29 is 17.4 Å². The quantitative estimate of drug-likeness (QED) is 0.675. The van der Waals surface area contributed by atoms with Crippen molar-refractivity contribution in [3.8, 4) is 5.75 Å². The molecule has 9 heteroatoms. The highest BCUT2D eigenvalue weighted by atomic mass is 35.5. The summed E-state index contributed by atoms with van der Waals surface area (Å²) in [6.07, 6.45) is 1.28. The Morgan fingerprint density at radius 3 is 2.35 bits per heavy atom. The van der Waals surface area contributed by atoms with Gasteiger partial charge in [-0.2, -0.15) is 8.42 Å². The molecule has 0 aliphatic heterocycles. The van der Waals surface area contributed by atoms with Gasteiger partial charge in [-0.15, -0.1) is 0 Å². The fourth-order valence-electron chi connectivity index (χ4n) is 2.11. The number of rotatable bonds is 5. The first-order chi connectivity index (χ1) is 12.4. The van der Waals surface area contributed by atoms with E-state index in [1.165, 1.54) is 35.2 Å². The second-order valence-corrected chi connectivity index (χ2v) is 7.15. The van der Waals surface area contributed by atoms with E-state index >= 15 is 0 Å². The zero-order chi connectivity index (χ0) is 18.7. The summed E-state index contributed by atoms with van der Waals surface area (Å²) in [4.78, 5) is 15.8. The molecule has 0 saturated heterocycles. The summed E-state index contributed by atoms with van der Waals surface area (Å²) in [5.74, 6) is -0.198. The van der Waals surface area contributed by atoms with Gasteiger partial charge in [0.1, 0.15) is 5.75 Å². The molecular weight excluding hydrogens is 378 g/mol. The fraction of sp³-hybridized carbons (Fsp3) is 0.0588. The molecule has 1 amide bonds. The average molecular weight is 392 g/mol. The summed E-state index contributed by atoms with van der Waals surface area (Å²) in [6.45, 7) is 0. The van der Waals surface area contributed by atoms with Gasteiger partial charge in [0.25, 0.3) is 5.91 Å². The minimum Gasteiger partial charge on any atom is -0.378 e. The number of benzene rings is 2. The van der Waals surface area contributed by atoms with Gasteiger partial charge in [-0.1, -0.05) is 29.8 Å². The Labute approximate surface area is 155 Å².